The van der Waals surface area contributed by atoms with E-state index in [0.717, 1.165) is 30.1 Å². The smallest absolute Gasteiger partial charge is 0.161 e. The van der Waals surface area contributed by atoms with Crippen LogP contribution in [-0.2, 0) is 7.05 Å². The number of aromatic nitrogens is 3. The first-order valence-electron chi connectivity index (χ1n) is 6.89. The zero-order chi connectivity index (χ0) is 14.5. The van der Waals surface area contributed by atoms with Crippen molar-refractivity contribution >= 4 is 0 Å². The van der Waals surface area contributed by atoms with Crippen LogP contribution in [0.5, 0.6) is 5.75 Å². The van der Waals surface area contributed by atoms with Crippen molar-refractivity contribution in [3.63, 3.8) is 0 Å². The van der Waals surface area contributed by atoms with Gasteiger partial charge in [0, 0.05) is 18.9 Å². The van der Waals surface area contributed by atoms with Crippen LogP contribution in [0.1, 0.15) is 36.3 Å². The lowest BCUT2D eigenvalue weighted by molar-refractivity contribution is 0.400. The Kier molecular flexibility index (Phi) is 4.74. The molecule has 0 saturated carbocycles. The fraction of sp³-hybridized carbons (Fsp3) is 0.467. The van der Waals surface area contributed by atoms with Crippen LogP contribution >= 0.6 is 0 Å². The molecule has 0 aromatic carbocycles. The summed E-state index contributed by atoms with van der Waals surface area (Å²) in [6.07, 6.45) is 4.67. The molecule has 2 aromatic heterocycles. The second-order valence-corrected chi connectivity index (χ2v) is 4.84. The molecule has 5 nitrogen and oxygen atoms in total. The van der Waals surface area contributed by atoms with E-state index in [2.05, 4.69) is 28.4 Å². The number of pyridine rings is 1. The van der Waals surface area contributed by atoms with E-state index in [1.165, 1.54) is 5.56 Å². The van der Waals surface area contributed by atoms with Crippen LogP contribution in [0.15, 0.2) is 24.5 Å². The Balaban J connectivity index is 2.44. The largest absolute Gasteiger partial charge is 0.493 e. The summed E-state index contributed by atoms with van der Waals surface area (Å²) in [5.74, 6) is 0.801. The van der Waals surface area contributed by atoms with E-state index in [0.29, 0.717) is 0 Å². The van der Waals surface area contributed by atoms with Gasteiger partial charge in [-0.3, -0.25) is 9.67 Å². The second kappa shape index (κ2) is 6.52. The molecule has 2 heterocycles. The van der Waals surface area contributed by atoms with Gasteiger partial charge in [0.25, 0.3) is 0 Å². The molecule has 2 aromatic rings. The van der Waals surface area contributed by atoms with Gasteiger partial charge in [-0.25, -0.2) is 0 Å². The molecule has 1 unspecified atom stereocenters. The molecule has 0 radical (unpaired) electrons. The number of ether oxygens (including phenoxy) is 1. The third kappa shape index (κ3) is 2.99. The molecular formula is C15H22N4O. The summed E-state index contributed by atoms with van der Waals surface area (Å²) in [7, 11) is 3.61. The number of aryl methyl sites for hydroxylation is 2. The molecule has 0 amide bonds. The topological polar surface area (TPSA) is 52.0 Å². The van der Waals surface area contributed by atoms with Crippen LogP contribution in [-0.4, -0.2) is 28.4 Å². The summed E-state index contributed by atoms with van der Waals surface area (Å²) in [4.78, 5) is 4.27. The highest BCUT2D eigenvalue weighted by Gasteiger charge is 2.22. The van der Waals surface area contributed by atoms with Crippen molar-refractivity contribution < 1.29 is 4.74 Å². The van der Waals surface area contributed by atoms with Gasteiger partial charge in [-0.1, -0.05) is 6.92 Å². The van der Waals surface area contributed by atoms with Gasteiger partial charge in [-0.15, -0.1) is 0 Å². The number of hydrogen-bond donors (Lipinski definition) is 1. The number of rotatable bonds is 6. The number of nitrogens with one attached hydrogen (secondary N) is 1. The van der Waals surface area contributed by atoms with Crippen LogP contribution in [0.2, 0.25) is 0 Å². The maximum absolute atomic E-state index is 5.44. The molecule has 0 aliphatic carbocycles. The summed E-state index contributed by atoms with van der Waals surface area (Å²) in [6.45, 7) is 5.09. The molecule has 0 aliphatic rings. The van der Waals surface area contributed by atoms with Crippen LogP contribution in [0, 0.1) is 6.92 Å². The van der Waals surface area contributed by atoms with Crippen molar-refractivity contribution in [1.82, 2.24) is 20.1 Å². The zero-order valence-electron chi connectivity index (χ0n) is 12.6. The first-order chi connectivity index (χ1) is 9.67. The van der Waals surface area contributed by atoms with E-state index in [9.17, 15) is 0 Å². The number of methoxy groups -OCH3 is 1. The zero-order valence-corrected chi connectivity index (χ0v) is 12.6. The van der Waals surface area contributed by atoms with Gasteiger partial charge < -0.3 is 10.1 Å². The first-order valence-corrected chi connectivity index (χ1v) is 6.89. The van der Waals surface area contributed by atoms with Gasteiger partial charge >= 0.3 is 0 Å². The van der Waals surface area contributed by atoms with Crippen molar-refractivity contribution in [2.75, 3.05) is 13.7 Å². The lowest BCUT2D eigenvalue weighted by atomic mass is 10.0. The van der Waals surface area contributed by atoms with E-state index in [1.54, 1.807) is 13.3 Å². The highest BCUT2D eigenvalue weighted by Crippen LogP contribution is 2.29. The third-order valence-corrected chi connectivity index (χ3v) is 3.30. The van der Waals surface area contributed by atoms with Gasteiger partial charge in [-0.2, -0.15) is 5.10 Å². The maximum Gasteiger partial charge on any atom is 0.161 e. The SMILES string of the molecule is CCCNC(c1ccnc(C)c1)c1c(OC)cnn1C. The fourth-order valence-corrected chi connectivity index (χ4v) is 2.32. The van der Waals surface area contributed by atoms with E-state index in [-0.39, 0.29) is 6.04 Å². The molecule has 0 saturated heterocycles. The number of nitrogens with zero attached hydrogens (tertiary/aromatic N) is 3. The van der Waals surface area contributed by atoms with Gasteiger partial charge in [0.15, 0.2) is 5.75 Å². The third-order valence-electron chi connectivity index (χ3n) is 3.30. The average Bonchev–Trinajstić information content (AvgIpc) is 2.81. The van der Waals surface area contributed by atoms with E-state index in [1.807, 2.05) is 30.9 Å². The van der Waals surface area contributed by atoms with Crippen molar-refractivity contribution in [2.24, 2.45) is 7.05 Å². The van der Waals surface area contributed by atoms with Crippen LogP contribution in [0.3, 0.4) is 0 Å². The lowest BCUT2D eigenvalue weighted by Crippen LogP contribution is -2.26. The Morgan fingerprint density at radius 1 is 1.45 bits per heavy atom. The quantitative estimate of drug-likeness (QED) is 0.877. The minimum atomic E-state index is 0.0547. The highest BCUT2D eigenvalue weighted by atomic mass is 16.5. The molecule has 20 heavy (non-hydrogen) atoms. The van der Waals surface area contributed by atoms with Gasteiger partial charge in [-0.05, 0) is 37.6 Å². The van der Waals surface area contributed by atoms with E-state index in [4.69, 9.17) is 4.74 Å². The summed E-state index contributed by atoms with van der Waals surface area (Å²) in [5, 5.41) is 7.86. The van der Waals surface area contributed by atoms with Crippen molar-refractivity contribution in [3.8, 4) is 5.75 Å². The number of hydrogen-bond acceptors (Lipinski definition) is 4. The van der Waals surface area contributed by atoms with Gasteiger partial charge in [0.2, 0.25) is 0 Å². The fourth-order valence-electron chi connectivity index (χ4n) is 2.32. The molecule has 0 aliphatic heterocycles. The Bertz CT molecular complexity index is 565. The predicted molar refractivity (Wildman–Crippen MR) is 78.9 cm³/mol. The molecular weight excluding hydrogens is 252 g/mol. The molecule has 108 valence electrons. The Hall–Kier alpha value is -1.88. The van der Waals surface area contributed by atoms with Crippen molar-refractivity contribution in [3.05, 3.63) is 41.5 Å². The highest BCUT2D eigenvalue weighted by molar-refractivity contribution is 5.36. The Morgan fingerprint density at radius 2 is 2.25 bits per heavy atom. The monoisotopic (exact) mass is 274 g/mol. The molecule has 0 spiro atoms. The summed E-state index contributed by atoms with van der Waals surface area (Å²) < 4.78 is 7.30. The minimum Gasteiger partial charge on any atom is -0.493 e. The molecule has 2 rings (SSSR count). The lowest BCUT2D eigenvalue weighted by Gasteiger charge is -2.20. The molecule has 5 heteroatoms. The van der Waals surface area contributed by atoms with Crippen molar-refractivity contribution in [2.45, 2.75) is 26.3 Å². The molecule has 0 fully saturated rings. The second-order valence-electron chi connectivity index (χ2n) is 4.84. The van der Waals surface area contributed by atoms with Crippen LogP contribution < -0.4 is 10.1 Å². The van der Waals surface area contributed by atoms with E-state index >= 15 is 0 Å². The molecule has 1 N–H and O–H groups in total. The van der Waals surface area contributed by atoms with Gasteiger partial charge in [0.1, 0.15) is 5.69 Å². The standard InChI is InChI=1S/C15H22N4O/c1-5-7-17-14(12-6-8-16-11(2)9-12)15-13(20-4)10-18-19(15)3/h6,8-10,14,17H,5,7H2,1-4H3. The molecule has 1 atom stereocenters. The Labute approximate surface area is 120 Å². The Morgan fingerprint density at radius 3 is 2.90 bits per heavy atom. The maximum atomic E-state index is 5.44. The van der Waals surface area contributed by atoms with E-state index < -0.39 is 0 Å². The molecule has 0 bridgehead atoms. The van der Waals surface area contributed by atoms with Gasteiger partial charge in [0.05, 0.1) is 19.3 Å². The van der Waals surface area contributed by atoms with Crippen molar-refractivity contribution in [1.29, 1.82) is 0 Å². The normalized spacial score (nSPS) is 12.4. The van der Waals surface area contributed by atoms with Crippen LogP contribution in [0.4, 0.5) is 0 Å². The summed E-state index contributed by atoms with van der Waals surface area (Å²) in [5.41, 5.74) is 3.21. The first kappa shape index (κ1) is 14.5. The summed E-state index contributed by atoms with van der Waals surface area (Å²) >= 11 is 0. The summed E-state index contributed by atoms with van der Waals surface area (Å²) in [6, 6.07) is 4.19. The van der Waals surface area contributed by atoms with Crippen LogP contribution in [0.25, 0.3) is 0 Å². The average molecular weight is 274 g/mol. The minimum absolute atomic E-state index is 0.0547. The predicted octanol–water partition coefficient (Wildman–Crippen LogP) is 2.22.